The maximum Gasteiger partial charge on any atom is 0.212 e. The molecule has 1 unspecified atom stereocenters. The molecular weight excluding hydrogens is 256 g/mol. The number of hydrogen-bond donors (Lipinski definition) is 2. The molecule has 0 saturated carbocycles. The molecule has 1 aliphatic rings. The van der Waals surface area contributed by atoms with Crippen molar-refractivity contribution in [1.29, 1.82) is 0 Å². The molecule has 4 nitrogen and oxygen atoms in total. The summed E-state index contributed by atoms with van der Waals surface area (Å²) in [6.45, 7) is 2.24. The third-order valence-electron chi connectivity index (χ3n) is 2.93. The molecule has 17 heavy (non-hydrogen) atoms. The Hall–Kier alpha value is -0.430. The molecule has 2 N–H and O–H groups in total. The van der Waals surface area contributed by atoms with Gasteiger partial charge in [-0.25, -0.2) is 13.1 Å². The van der Waals surface area contributed by atoms with Crippen LogP contribution >= 0.6 is 11.3 Å². The van der Waals surface area contributed by atoms with E-state index in [0.29, 0.717) is 6.54 Å². The first kappa shape index (κ1) is 13.0. The van der Waals surface area contributed by atoms with E-state index < -0.39 is 10.0 Å². The van der Waals surface area contributed by atoms with Crippen LogP contribution in [0.25, 0.3) is 0 Å². The van der Waals surface area contributed by atoms with Crippen LogP contribution in [0.1, 0.15) is 18.4 Å². The quantitative estimate of drug-likeness (QED) is 0.847. The van der Waals surface area contributed by atoms with Gasteiger partial charge in [0.05, 0.1) is 5.75 Å². The van der Waals surface area contributed by atoms with E-state index in [4.69, 9.17) is 0 Å². The summed E-state index contributed by atoms with van der Waals surface area (Å²) in [7, 11) is -3.14. The van der Waals surface area contributed by atoms with Gasteiger partial charge >= 0.3 is 0 Å². The average Bonchev–Trinajstić information content (AvgIpc) is 2.80. The Kier molecular flexibility index (Phi) is 4.55. The summed E-state index contributed by atoms with van der Waals surface area (Å²) in [5.41, 5.74) is 1.03. The van der Waals surface area contributed by atoms with Crippen LogP contribution in [-0.2, 0) is 16.6 Å². The minimum absolute atomic E-state index is 0.240. The third kappa shape index (κ3) is 4.39. The van der Waals surface area contributed by atoms with Crippen molar-refractivity contribution in [2.45, 2.75) is 19.4 Å². The molecule has 0 aromatic carbocycles. The summed E-state index contributed by atoms with van der Waals surface area (Å²) in [6, 6.07) is 1.94. The molecule has 1 saturated heterocycles. The van der Waals surface area contributed by atoms with Gasteiger partial charge < -0.3 is 5.32 Å². The summed E-state index contributed by atoms with van der Waals surface area (Å²) in [4.78, 5) is 0. The first-order chi connectivity index (χ1) is 8.16. The standard InChI is InChI=1S/C11H18N2O2S2/c14-17(15,9-11-2-1-4-12-6-11)13-7-10-3-5-16-8-10/h3,5,8,11-13H,1-2,4,6-7,9H2. The van der Waals surface area contributed by atoms with Crippen LogP contribution in [0, 0.1) is 5.92 Å². The molecule has 1 fully saturated rings. The molecule has 0 aliphatic carbocycles. The number of piperidine rings is 1. The molecular formula is C11H18N2O2S2. The topological polar surface area (TPSA) is 58.2 Å². The number of nitrogens with one attached hydrogen (secondary N) is 2. The summed E-state index contributed by atoms with van der Waals surface area (Å²) in [6.07, 6.45) is 2.08. The second-order valence-electron chi connectivity index (χ2n) is 4.45. The minimum Gasteiger partial charge on any atom is -0.316 e. The van der Waals surface area contributed by atoms with E-state index in [1.807, 2.05) is 16.8 Å². The highest BCUT2D eigenvalue weighted by Gasteiger charge is 2.20. The van der Waals surface area contributed by atoms with Crippen molar-refractivity contribution in [2.75, 3.05) is 18.8 Å². The SMILES string of the molecule is O=S(=O)(CC1CCCNC1)NCc1ccsc1. The van der Waals surface area contributed by atoms with Gasteiger partial charge in [-0.1, -0.05) is 0 Å². The van der Waals surface area contributed by atoms with E-state index in [1.165, 1.54) is 0 Å². The van der Waals surface area contributed by atoms with Crippen LogP contribution in [-0.4, -0.2) is 27.3 Å². The Morgan fingerprint density at radius 2 is 2.41 bits per heavy atom. The van der Waals surface area contributed by atoms with Crippen molar-refractivity contribution in [3.05, 3.63) is 22.4 Å². The second-order valence-corrected chi connectivity index (χ2v) is 7.08. The Morgan fingerprint density at radius 3 is 3.06 bits per heavy atom. The Morgan fingerprint density at radius 1 is 1.53 bits per heavy atom. The monoisotopic (exact) mass is 274 g/mol. The smallest absolute Gasteiger partial charge is 0.212 e. The van der Waals surface area contributed by atoms with Crippen molar-refractivity contribution >= 4 is 21.4 Å². The van der Waals surface area contributed by atoms with Crippen LogP contribution in [0.2, 0.25) is 0 Å². The van der Waals surface area contributed by atoms with E-state index in [9.17, 15) is 8.42 Å². The highest BCUT2D eigenvalue weighted by Crippen LogP contribution is 2.12. The zero-order valence-electron chi connectivity index (χ0n) is 9.69. The van der Waals surface area contributed by atoms with Crippen LogP contribution < -0.4 is 10.0 Å². The molecule has 1 aliphatic heterocycles. The van der Waals surface area contributed by atoms with Gasteiger partial charge in [-0.15, -0.1) is 0 Å². The second kappa shape index (κ2) is 5.95. The predicted molar refractivity (Wildman–Crippen MR) is 70.5 cm³/mol. The Balaban J connectivity index is 1.81. The van der Waals surface area contributed by atoms with Crippen LogP contribution in [0.4, 0.5) is 0 Å². The molecule has 1 aromatic heterocycles. The molecule has 0 amide bonds. The summed E-state index contributed by atoms with van der Waals surface area (Å²) in [5, 5.41) is 7.15. The van der Waals surface area contributed by atoms with Gasteiger partial charge in [0.15, 0.2) is 0 Å². The summed E-state index contributed by atoms with van der Waals surface area (Å²) in [5.74, 6) is 0.494. The van der Waals surface area contributed by atoms with Gasteiger partial charge in [-0.05, 0) is 54.2 Å². The normalized spacial score (nSPS) is 21.5. The van der Waals surface area contributed by atoms with Crippen molar-refractivity contribution in [2.24, 2.45) is 5.92 Å². The number of thiophene rings is 1. The van der Waals surface area contributed by atoms with Gasteiger partial charge in [-0.2, -0.15) is 11.3 Å². The van der Waals surface area contributed by atoms with Crippen molar-refractivity contribution in [3.63, 3.8) is 0 Å². The van der Waals surface area contributed by atoms with E-state index in [-0.39, 0.29) is 11.7 Å². The maximum absolute atomic E-state index is 11.9. The summed E-state index contributed by atoms with van der Waals surface area (Å²) < 4.78 is 26.4. The Labute approximate surface area is 106 Å². The van der Waals surface area contributed by atoms with Crippen LogP contribution in [0.5, 0.6) is 0 Å². The minimum atomic E-state index is -3.14. The lowest BCUT2D eigenvalue weighted by atomic mass is 10.0. The van der Waals surface area contributed by atoms with Gasteiger partial charge in [0, 0.05) is 6.54 Å². The van der Waals surface area contributed by atoms with Gasteiger partial charge in [0.25, 0.3) is 0 Å². The molecule has 0 bridgehead atoms. The van der Waals surface area contributed by atoms with Crippen molar-refractivity contribution < 1.29 is 8.42 Å². The molecule has 1 aromatic rings. The van der Waals surface area contributed by atoms with Crippen LogP contribution in [0.3, 0.4) is 0 Å². The summed E-state index contributed by atoms with van der Waals surface area (Å²) >= 11 is 1.58. The van der Waals surface area contributed by atoms with Crippen molar-refractivity contribution in [3.8, 4) is 0 Å². The molecule has 96 valence electrons. The number of rotatable bonds is 5. The van der Waals surface area contributed by atoms with Gasteiger partial charge in [-0.3, -0.25) is 0 Å². The van der Waals surface area contributed by atoms with E-state index in [1.54, 1.807) is 11.3 Å². The average molecular weight is 274 g/mol. The fraction of sp³-hybridized carbons (Fsp3) is 0.636. The van der Waals surface area contributed by atoms with E-state index in [0.717, 1.165) is 31.5 Å². The number of sulfonamides is 1. The fourth-order valence-corrected chi connectivity index (χ4v) is 4.10. The van der Waals surface area contributed by atoms with Crippen LogP contribution in [0.15, 0.2) is 16.8 Å². The molecule has 6 heteroatoms. The maximum atomic E-state index is 11.9. The van der Waals surface area contributed by atoms with E-state index >= 15 is 0 Å². The zero-order valence-corrected chi connectivity index (χ0v) is 11.3. The largest absolute Gasteiger partial charge is 0.316 e. The highest BCUT2D eigenvalue weighted by atomic mass is 32.2. The fourth-order valence-electron chi connectivity index (χ4n) is 2.02. The Bertz CT molecular complexity index is 422. The van der Waals surface area contributed by atoms with Crippen molar-refractivity contribution in [1.82, 2.24) is 10.0 Å². The predicted octanol–water partition coefficient (Wildman–Crippen LogP) is 1.17. The third-order valence-corrected chi connectivity index (χ3v) is 5.16. The van der Waals surface area contributed by atoms with Gasteiger partial charge in [0.2, 0.25) is 10.0 Å². The first-order valence-corrected chi connectivity index (χ1v) is 8.44. The molecule has 1 atom stereocenters. The zero-order chi connectivity index (χ0) is 12.1. The van der Waals surface area contributed by atoms with E-state index in [2.05, 4.69) is 10.0 Å². The molecule has 0 spiro atoms. The lowest BCUT2D eigenvalue weighted by molar-refractivity contribution is 0.402. The lowest BCUT2D eigenvalue weighted by Crippen LogP contribution is -2.37. The molecule has 2 heterocycles. The molecule has 2 rings (SSSR count). The lowest BCUT2D eigenvalue weighted by Gasteiger charge is -2.22. The van der Waals surface area contributed by atoms with Gasteiger partial charge in [0.1, 0.15) is 0 Å². The highest BCUT2D eigenvalue weighted by molar-refractivity contribution is 7.89. The first-order valence-electron chi connectivity index (χ1n) is 5.85. The molecule has 0 radical (unpaired) electrons. The number of hydrogen-bond acceptors (Lipinski definition) is 4.